The summed E-state index contributed by atoms with van der Waals surface area (Å²) >= 11 is 0. The van der Waals surface area contributed by atoms with Crippen molar-refractivity contribution in [1.29, 1.82) is 0 Å². The van der Waals surface area contributed by atoms with E-state index in [1.807, 2.05) is 0 Å². The fourth-order valence-electron chi connectivity index (χ4n) is 2.91. The second kappa shape index (κ2) is 6.18. The maximum Gasteiger partial charge on any atom is 0.175 e. The average molecular weight is 264 g/mol. The summed E-state index contributed by atoms with van der Waals surface area (Å²) in [7, 11) is 1.42. The molecule has 1 aromatic rings. The Morgan fingerprint density at radius 1 is 1.32 bits per heavy atom. The number of methoxy groups -OCH3 is 1. The SMILES string of the molecule is CCC1CCC(C(=O)c2cccc(OC)c2F)CC1. The van der Waals surface area contributed by atoms with Crippen LogP contribution < -0.4 is 4.74 Å². The van der Waals surface area contributed by atoms with E-state index in [2.05, 4.69) is 6.92 Å². The predicted octanol–water partition coefficient (Wildman–Crippen LogP) is 4.23. The fraction of sp³-hybridized carbons (Fsp3) is 0.562. The van der Waals surface area contributed by atoms with Crippen molar-refractivity contribution in [2.75, 3.05) is 7.11 Å². The van der Waals surface area contributed by atoms with Gasteiger partial charge in [0.1, 0.15) is 0 Å². The first-order valence-corrected chi connectivity index (χ1v) is 7.04. The number of benzene rings is 1. The molecule has 0 unspecified atom stereocenters. The molecule has 0 atom stereocenters. The first kappa shape index (κ1) is 14.0. The highest BCUT2D eigenvalue weighted by molar-refractivity contribution is 5.98. The van der Waals surface area contributed by atoms with Gasteiger partial charge < -0.3 is 4.74 Å². The molecule has 1 fully saturated rings. The van der Waals surface area contributed by atoms with E-state index >= 15 is 0 Å². The molecule has 0 amide bonds. The van der Waals surface area contributed by atoms with Gasteiger partial charge in [-0.05, 0) is 43.7 Å². The van der Waals surface area contributed by atoms with Crippen molar-refractivity contribution in [2.45, 2.75) is 39.0 Å². The van der Waals surface area contributed by atoms with Gasteiger partial charge in [0.05, 0.1) is 12.7 Å². The summed E-state index contributed by atoms with van der Waals surface area (Å²) in [5, 5.41) is 0. The lowest BCUT2D eigenvalue weighted by Gasteiger charge is -2.27. The van der Waals surface area contributed by atoms with Crippen molar-refractivity contribution in [1.82, 2.24) is 0 Å². The standard InChI is InChI=1S/C16H21FO2/c1-3-11-7-9-12(10-8-11)16(18)13-5-4-6-14(19-2)15(13)17/h4-6,11-12H,3,7-10H2,1-2H3. The minimum absolute atomic E-state index is 0.0237. The Hall–Kier alpha value is -1.38. The number of Topliss-reactive ketones (excluding diaryl/α,β-unsaturated/α-hetero) is 1. The molecule has 2 rings (SSSR count). The van der Waals surface area contributed by atoms with E-state index in [0.717, 1.165) is 31.6 Å². The lowest BCUT2D eigenvalue weighted by Crippen LogP contribution is -2.22. The molecule has 3 heteroatoms. The van der Waals surface area contributed by atoms with Gasteiger partial charge in [0.25, 0.3) is 0 Å². The van der Waals surface area contributed by atoms with E-state index in [-0.39, 0.29) is 23.0 Å². The Kier molecular flexibility index (Phi) is 4.56. The van der Waals surface area contributed by atoms with Gasteiger partial charge in [0.2, 0.25) is 0 Å². The quantitative estimate of drug-likeness (QED) is 0.760. The lowest BCUT2D eigenvalue weighted by molar-refractivity contribution is 0.0866. The van der Waals surface area contributed by atoms with E-state index in [9.17, 15) is 9.18 Å². The molecule has 104 valence electrons. The number of carbonyl (C=O) groups is 1. The van der Waals surface area contributed by atoms with Gasteiger partial charge in [-0.3, -0.25) is 4.79 Å². The number of hydrogen-bond donors (Lipinski definition) is 0. The predicted molar refractivity (Wildman–Crippen MR) is 73.0 cm³/mol. The lowest BCUT2D eigenvalue weighted by atomic mass is 9.78. The van der Waals surface area contributed by atoms with Crippen LogP contribution in [0.2, 0.25) is 0 Å². The van der Waals surface area contributed by atoms with E-state index < -0.39 is 5.82 Å². The third-order valence-corrected chi connectivity index (χ3v) is 4.24. The smallest absolute Gasteiger partial charge is 0.175 e. The van der Waals surface area contributed by atoms with E-state index in [0.29, 0.717) is 0 Å². The Morgan fingerprint density at radius 2 is 2.00 bits per heavy atom. The Balaban J connectivity index is 2.12. The van der Waals surface area contributed by atoms with E-state index in [4.69, 9.17) is 4.74 Å². The summed E-state index contributed by atoms with van der Waals surface area (Å²) in [4.78, 5) is 12.4. The molecular formula is C16H21FO2. The summed E-state index contributed by atoms with van der Waals surface area (Å²) in [6, 6.07) is 4.78. The minimum atomic E-state index is -0.521. The number of rotatable bonds is 4. The highest BCUT2D eigenvalue weighted by atomic mass is 19.1. The van der Waals surface area contributed by atoms with Crippen LogP contribution in [0.25, 0.3) is 0 Å². The summed E-state index contributed by atoms with van der Waals surface area (Å²) in [5.41, 5.74) is 0.180. The van der Waals surface area contributed by atoms with Crippen molar-refractivity contribution in [3.8, 4) is 5.75 Å². The van der Waals surface area contributed by atoms with Crippen LogP contribution in [0.3, 0.4) is 0 Å². The Bertz CT molecular complexity index is 448. The zero-order valence-electron chi connectivity index (χ0n) is 11.6. The van der Waals surface area contributed by atoms with Crippen molar-refractivity contribution in [2.24, 2.45) is 11.8 Å². The number of hydrogen-bond acceptors (Lipinski definition) is 2. The topological polar surface area (TPSA) is 26.3 Å². The van der Waals surface area contributed by atoms with Crippen molar-refractivity contribution < 1.29 is 13.9 Å². The molecule has 0 heterocycles. The maximum absolute atomic E-state index is 14.1. The number of carbonyl (C=O) groups excluding carboxylic acids is 1. The zero-order valence-corrected chi connectivity index (χ0v) is 11.6. The van der Waals surface area contributed by atoms with E-state index in [1.54, 1.807) is 18.2 Å². The van der Waals surface area contributed by atoms with Crippen molar-refractivity contribution in [3.63, 3.8) is 0 Å². The van der Waals surface area contributed by atoms with Gasteiger partial charge in [0.15, 0.2) is 17.3 Å². The van der Waals surface area contributed by atoms with Gasteiger partial charge in [-0.25, -0.2) is 4.39 Å². The van der Waals surface area contributed by atoms with Gasteiger partial charge in [-0.1, -0.05) is 19.4 Å². The first-order chi connectivity index (χ1) is 9.17. The van der Waals surface area contributed by atoms with Crippen LogP contribution in [0, 0.1) is 17.7 Å². The summed E-state index contributed by atoms with van der Waals surface area (Å²) < 4.78 is 19.0. The van der Waals surface area contributed by atoms with Crippen LogP contribution in [-0.2, 0) is 0 Å². The molecule has 0 aromatic heterocycles. The molecule has 1 saturated carbocycles. The summed E-state index contributed by atoms with van der Waals surface area (Å²) in [6.07, 6.45) is 5.10. The molecule has 0 radical (unpaired) electrons. The highest BCUT2D eigenvalue weighted by Crippen LogP contribution is 2.33. The molecule has 2 nitrogen and oxygen atoms in total. The largest absolute Gasteiger partial charge is 0.494 e. The van der Waals surface area contributed by atoms with Crippen LogP contribution >= 0.6 is 0 Å². The maximum atomic E-state index is 14.1. The normalized spacial score (nSPS) is 23.1. The molecule has 0 saturated heterocycles. The molecule has 0 aliphatic heterocycles. The Labute approximate surface area is 114 Å². The summed E-state index contributed by atoms with van der Waals surface area (Å²) in [5.74, 6) is 0.273. The summed E-state index contributed by atoms with van der Waals surface area (Å²) in [6.45, 7) is 2.19. The second-order valence-electron chi connectivity index (χ2n) is 5.31. The third kappa shape index (κ3) is 2.96. The van der Waals surface area contributed by atoms with Gasteiger partial charge in [-0.2, -0.15) is 0 Å². The van der Waals surface area contributed by atoms with Crippen LogP contribution in [0.15, 0.2) is 18.2 Å². The molecular weight excluding hydrogens is 243 g/mol. The second-order valence-corrected chi connectivity index (χ2v) is 5.31. The van der Waals surface area contributed by atoms with E-state index in [1.165, 1.54) is 13.5 Å². The zero-order chi connectivity index (χ0) is 13.8. The molecule has 1 aliphatic carbocycles. The molecule has 19 heavy (non-hydrogen) atoms. The molecule has 0 bridgehead atoms. The molecule has 0 spiro atoms. The third-order valence-electron chi connectivity index (χ3n) is 4.24. The monoisotopic (exact) mass is 264 g/mol. The first-order valence-electron chi connectivity index (χ1n) is 7.04. The molecule has 1 aromatic carbocycles. The Morgan fingerprint density at radius 3 is 2.58 bits per heavy atom. The molecule has 0 N–H and O–H groups in total. The van der Waals surface area contributed by atoms with Crippen molar-refractivity contribution >= 4 is 5.78 Å². The number of ether oxygens (including phenoxy) is 1. The van der Waals surface area contributed by atoms with Crippen molar-refractivity contribution in [3.05, 3.63) is 29.6 Å². The number of halogens is 1. The number of ketones is 1. The van der Waals surface area contributed by atoms with Crippen LogP contribution in [0.5, 0.6) is 5.75 Å². The fourth-order valence-corrected chi connectivity index (χ4v) is 2.91. The van der Waals surface area contributed by atoms with Gasteiger partial charge in [-0.15, -0.1) is 0 Å². The minimum Gasteiger partial charge on any atom is -0.494 e. The highest BCUT2D eigenvalue weighted by Gasteiger charge is 2.28. The van der Waals surface area contributed by atoms with Gasteiger partial charge >= 0.3 is 0 Å². The van der Waals surface area contributed by atoms with Crippen LogP contribution in [0.1, 0.15) is 49.4 Å². The molecule has 1 aliphatic rings. The average Bonchev–Trinajstić information content (AvgIpc) is 2.47. The van der Waals surface area contributed by atoms with Gasteiger partial charge in [0, 0.05) is 5.92 Å². The van der Waals surface area contributed by atoms with Crippen LogP contribution in [-0.4, -0.2) is 12.9 Å². The van der Waals surface area contributed by atoms with Crippen LogP contribution in [0.4, 0.5) is 4.39 Å².